The maximum absolute atomic E-state index is 13.4. The number of fused-ring (bicyclic) bond motifs is 3. The quantitative estimate of drug-likeness (QED) is 0.361. The number of alkyl halides is 1. The standard InChI is InChI=1S/C26H27BrO9/c1-5-6-21(28)36-23-15-10-18-17(34-12-35-18)9-14(15)22(26(27)16(23)11-33-25(26)29)13-7-19(30-2)24(32-4)20(8-13)31-3/h7-10,16,22-23H,5-6,11-12H2,1-4H3/t16-,22-,23+,26+/m1/s1. The first kappa shape index (κ1) is 24.5. The van der Waals surface area contributed by atoms with Gasteiger partial charge in [0.1, 0.15) is 17.0 Å². The van der Waals surface area contributed by atoms with E-state index in [0.29, 0.717) is 35.2 Å². The van der Waals surface area contributed by atoms with E-state index in [9.17, 15) is 9.59 Å². The average molecular weight is 563 g/mol. The van der Waals surface area contributed by atoms with Crippen LogP contribution in [0.4, 0.5) is 0 Å². The summed E-state index contributed by atoms with van der Waals surface area (Å²) in [5.74, 6) is 0.601. The summed E-state index contributed by atoms with van der Waals surface area (Å²) in [6.07, 6.45) is 0.189. The summed E-state index contributed by atoms with van der Waals surface area (Å²) in [6.45, 7) is 2.08. The molecule has 1 aliphatic carbocycles. The molecule has 10 heteroatoms. The molecule has 2 heterocycles. The molecule has 0 unspecified atom stereocenters. The number of carbonyl (C=O) groups excluding carboxylic acids is 2. The van der Waals surface area contributed by atoms with Crippen LogP contribution in [0.3, 0.4) is 0 Å². The van der Waals surface area contributed by atoms with Crippen molar-refractivity contribution in [1.82, 2.24) is 0 Å². The normalized spacial score (nSPS) is 25.5. The van der Waals surface area contributed by atoms with E-state index in [0.717, 1.165) is 16.7 Å². The molecule has 3 aliphatic rings. The fraction of sp³-hybridized carbons (Fsp3) is 0.462. The van der Waals surface area contributed by atoms with E-state index >= 15 is 0 Å². The molecule has 5 rings (SSSR count). The van der Waals surface area contributed by atoms with Gasteiger partial charge in [-0.1, -0.05) is 22.9 Å². The molecule has 2 aliphatic heterocycles. The Morgan fingerprint density at radius 3 is 2.22 bits per heavy atom. The second kappa shape index (κ2) is 9.38. The van der Waals surface area contributed by atoms with E-state index in [-0.39, 0.29) is 25.8 Å². The average Bonchev–Trinajstić information content (AvgIpc) is 3.45. The first-order valence-electron chi connectivity index (χ1n) is 11.7. The van der Waals surface area contributed by atoms with E-state index < -0.39 is 28.2 Å². The topological polar surface area (TPSA) is 98.8 Å². The minimum Gasteiger partial charge on any atom is -0.493 e. The molecule has 0 bridgehead atoms. The maximum atomic E-state index is 13.4. The maximum Gasteiger partial charge on any atom is 0.324 e. The lowest BCUT2D eigenvalue weighted by atomic mass is 9.66. The first-order chi connectivity index (χ1) is 17.4. The molecule has 0 radical (unpaired) electrons. The lowest BCUT2D eigenvalue weighted by molar-refractivity contribution is -0.153. The Bertz CT molecular complexity index is 1190. The van der Waals surface area contributed by atoms with Gasteiger partial charge in [-0.25, -0.2) is 0 Å². The number of carbonyl (C=O) groups is 2. The van der Waals surface area contributed by atoms with Gasteiger partial charge in [0.2, 0.25) is 12.5 Å². The lowest BCUT2D eigenvalue weighted by Crippen LogP contribution is -2.48. The van der Waals surface area contributed by atoms with Crippen LogP contribution < -0.4 is 23.7 Å². The summed E-state index contributed by atoms with van der Waals surface area (Å²) in [7, 11) is 4.60. The van der Waals surface area contributed by atoms with Gasteiger partial charge in [0.05, 0.1) is 27.2 Å². The summed E-state index contributed by atoms with van der Waals surface area (Å²) in [5.41, 5.74) is 2.21. The Morgan fingerprint density at radius 2 is 1.64 bits per heavy atom. The zero-order chi connectivity index (χ0) is 25.6. The van der Waals surface area contributed by atoms with Crippen molar-refractivity contribution in [3.05, 3.63) is 41.0 Å². The molecular weight excluding hydrogens is 536 g/mol. The van der Waals surface area contributed by atoms with E-state index in [1.807, 2.05) is 31.2 Å². The van der Waals surface area contributed by atoms with Gasteiger partial charge in [0.15, 0.2) is 23.0 Å². The van der Waals surface area contributed by atoms with Gasteiger partial charge < -0.3 is 33.2 Å². The molecule has 2 aromatic rings. The summed E-state index contributed by atoms with van der Waals surface area (Å²) in [5, 5.41) is 0. The highest BCUT2D eigenvalue weighted by atomic mass is 79.9. The Kier molecular flexibility index (Phi) is 6.40. The number of benzene rings is 2. The van der Waals surface area contributed by atoms with Gasteiger partial charge in [-0.05, 0) is 41.8 Å². The predicted molar refractivity (Wildman–Crippen MR) is 130 cm³/mol. The van der Waals surface area contributed by atoms with Crippen LogP contribution in [0, 0.1) is 5.92 Å². The third kappa shape index (κ3) is 3.65. The Labute approximate surface area is 217 Å². The van der Waals surface area contributed by atoms with Gasteiger partial charge in [-0.2, -0.15) is 0 Å². The van der Waals surface area contributed by atoms with E-state index in [1.165, 1.54) is 21.3 Å². The summed E-state index contributed by atoms with van der Waals surface area (Å²) < 4.78 is 38.3. The fourth-order valence-electron chi connectivity index (χ4n) is 5.34. The third-order valence-corrected chi connectivity index (χ3v) is 8.33. The molecule has 1 fully saturated rings. The number of cyclic esters (lactones) is 1. The molecular formula is C26H27BrO9. The van der Waals surface area contributed by atoms with Crippen LogP contribution >= 0.6 is 15.9 Å². The predicted octanol–water partition coefficient (Wildman–Crippen LogP) is 4.28. The molecule has 9 nitrogen and oxygen atoms in total. The molecule has 36 heavy (non-hydrogen) atoms. The second-order valence-corrected chi connectivity index (χ2v) is 10.2. The number of methoxy groups -OCH3 is 3. The van der Waals surface area contributed by atoms with E-state index in [1.54, 1.807) is 0 Å². The van der Waals surface area contributed by atoms with Crippen LogP contribution in [0.15, 0.2) is 24.3 Å². The van der Waals surface area contributed by atoms with E-state index in [4.69, 9.17) is 33.2 Å². The number of hydrogen-bond donors (Lipinski definition) is 0. The van der Waals surface area contributed by atoms with Crippen molar-refractivity contribution in [2.24, 2.45) is 5.92 Å². The molecule has 192 valence electrons. The van der Waals surface area contributed by atoms with Gasteiger partial charge in [-0.3, -0.25) is 9.59 Å². The summed E-state index contributed by atoms with van der Waals surface area (Å²) in [4.78, 5) is 26.0. The molecule has 1 saturated heterocycles. The highest BCUT2D eigenvalue weighted by Gasteiger charge is 2.64. The first-order valence-corrected chi connectivity index (χ1v) is 12.5. The molecule has 0 N–H and O–H groups in total. The summed E-state index contributed by atoms with van der Waals surface area (Å²) >= 11 is 3.79. The van der Waals surface area contributed by atoms with Crippen molar-refractivity contribution in [2.75, 3.05) is 34.7 Å². The minimum absolute atomic E-state index is 0.0816. The largest absolute Gasteiger partial charge is 0.493 e. The lowest BCUT2D eigenvalue weighted by Gasteiger charge is -2.43. The zero-order valence-corrected chi connectivity index (χ0v) is 22.0. The van der Waals surface area contributed by atoms with Crippen molar-refractivity contribution in [3.63, 3.8) is 0 Å². The minimum atomic E-state index is -1.23. The van der Waals surface area contributed by atoms with Crippen LogP contribution in [0.2, 0.25) is 0 Å². The number of rotatable bonds is 7. The highest BCUT2D eigenvalue weighted by Crippen LogP contribution is 2.61. The van der Waals surface area contributed by atoms with Crippen LogP contribution in [-0.2, 0) is 19.1 Å². The van der Waals surface area contributed by atoms with Crippen molar-refractivity contribution in [2.45, 2.75) is 36.1 Å². The van der Waals surface area contributed by atoms with Gasteiger partial charge >= 0.3 is 11.9 Å². The molecule has 0 aromatic heterocycles. The summed E-state index contributed by atoms with van der Waals surface area (Å²) in [6, 6.07) is 7.31. The number of ether oxygens (including phenoxy) is 7. The van der Waals surface area contributed by atoms with Crippen LogP contribution in [0.25, 0.3) is 0 Å². The van der Waals surface area contributed by atoms with Crippen LogP contribution in [-0.4, -0.2) is 51.0 Å². The zero-order valence-electron chi connectivity index (χ0n) is 20.4. The van der Waals surface area contributed by atoms with Gasteiger partial charge in [0, 0.05) is 17.9 Å². The molecule has 0 spiro atoms. The molecule has 2 aromatic carbocycles. The van der Waals surface area contributed by atoms with Crippen LogP contribution in [0.5, 0.6) is 28.7 Å². The van der Waals surface area contributed by atoms with Crippen molar-refractivity contribution < 1.29 is 42.7 Å². The van der Waals surface area contributed by atoms with Crippen molar-refractivity contribution in [1.29, 1.82) is 0 Å². The monoisotopic (exact) mass is 562 g/mol. The van der Waals surface area contributed by atoms with Crippen molar-refractivity contribution >= 4 is 27.9 Å². The number of esters is 2. The smallest absolute Gasteiger partial charge is 0.324 e. The van der Waals surface area contributed by atoms with Crippen LogP contribution in [0.1, 0.15) is 48.5 Å². The SMILES string of the molecule is CCCC(=O)O[C@H]1c2cc3c(cc2[C@@H](c2cc(OC)c(OC)c(OC)c2)[C@]2(Br)C(=O)OC[C@H]12)OCO3. The molecule has 0 saturated carbocycles. The molecule has 0 amide bonds. The number of halogens is 1. The fourth-order valence-corrected chi connectivity index (χ4v) is 6.34. The highest BCUT2D eigenvalue weighted by molar-refractivity contribution is 9.10. The Balaban J connectivity index is 1.76. The Hall–Kier alpha value is -3.14. The second-order valence-electron chi connectivity index (χ2n) is 8.86. The van der Waals surface area contributed by atoms with Crippen molar-refractivity contribution in [3.8, 4) is 28.7 Å². The Morgan fingerprint density at radius 1 is 1.00 bits per heavy atom. The van der Waals surface area contributed by atoms with Gasteiger partial charge in [0.25, 0.3) is 0 Å². The van der Waals surface area contributed by atoms with Gasteiger partial charge in [-0.15, -0.1) is 0 Å². The number of hydrogen-bond acceptors (Lipinski definition) is 9. The molecule has 4 atom stereocenters. The van der Waals surface area contributed by atoms with E-state index in [2.05, 4.69) is 15.9 Å². The third-order valence-electron chi connectivity index (χ3n) is 6.96.